The zero-order valence-electron chi connectivity index (χ0n) is 17.4. The van der Waals surface area contributed by atoms with Gasteiger partial charge in [-0.25, -0.2) is 0 Å². The van der Waals surface area contributed by atoms with E-state index in [-0.39, 0.29) is 11.8 Å². The highest BCUT2D eigenvalue weighted by Crippen LogP contribution is 2.25. The van der Waals surface area contributed by atoms with Gasteiger partial charge in [-0.15, -0.1) is 0 Å². The maximum Gasteiger partial charge on any atom is 0.224 e. The standard InChI is InChI=1S/C22H35N3O3/c1-27-14-10-23-22(26)19-6-4-11-25(17-19)20-8-12-24(13-9-20)16-18-5-3-7-21(15-18)28-2/h3,5,7,15,19-20H,4,6,8-14,16-17H2,1-2H3,(H,23,26). The topological polar surface area (TPSA) is 54.0 Å². The van der Waals surface area contributed by atoms with Gasteiger partial charge >= 0.3 is 0 Å². The molecule has 0 radical (unpaired) electrons. The average molecular weight is 390 g/mol. The molecule has 0 saturated carbocycles. The molecule has 28 heavy (non-hydrogen) atoms. The molecule has 2 aliphatic heterocycles. The van der Waals surface area contributed by atoms with Crippen molar-refractivity contribution in [2.24, 2.45) is 5.92 Å². The third kappa shape index (κ3) is 5.93. The van der Waals surface area contributed by atoms with Gasteiger partial charge in [0.05, 0.1) is 19.6 Å². The first-order chi connectivity index (χ1) is 13.7. The van der Waals surface area contributed by atoms with E-state index in [2.05, 4.69) is 33.3 Å². The van der Waals surface area contributed by atoms with Gasteiger partial charge in [-0.05, 0) is 63.0 Å². The average Bonchev–Trinajstić information content (AvgIpc) is 2.74. The largest absolute Gasteiger partial charge is 0.497 e. The molecule has 1 amide bonds. The summed E-state index contributed by atoms with van der Waals surface area (Å²) in [4.78, 5) is 17.5. The Hall–Kier alpha value is -1.63. The molecule has 0 bridgehead atoms. The normalized spacial score (nSPS) is 22.1. The third-order valence-corrected chi connectivity index (χ3v) is 6.04. The molecule has 6 nitrogen and oxygen atoms in total. The third-order valence-electron chi connectivity index (χ3n) is 6.04. The van der Waals surface area contributed by atoms with E-state index in [0.29, 0.717) is 19.2 Å². The van der Waals surface area contributed by atoms with Crippen LogP contribution in [0, 0.1) is 5.92 Å². The minimum absolute atomic E-state index is 0.125. The fourth-order valence-corrected chi connectivity index (χ4v) is 4.44. The number of nitrogens with one attached hydrogen (secondary N) is 1. The van der Waals surface area contributed by atoms with Crippen LogP contribution in [0.3, 0.4) is 0 Å². The molecule has 156 valence electrons. The van der Waals surface area contributed by atoms with Crippen LogP contribution in [0.15, 0.2) is 24.3 Å². The van der Waals surface area contributed by atoms with Crippen LogP contribution in [-0.4, -0.2) is 75.3 Å². The molecule has 1 N–H and O–H groups in total. The van der Waals surface area contributed by atoms with Gasteiger partial charge in [-0.1, -0.05) is 12.1 Å². The Kier molecular flexibility index (Phi) is 8.13. The quantitative estimate of drug-likeness (QED) is 0.691. The highest BCUT2D eigenvalue weighted by Gasteiger charge is 2.31. The van der Waals surface area contributed by atoms with Crippen LogP contribution < -0.4 is 10.1 Å². The fourth-order valence-electron chi connectivity index (χ4n) is 4.44. The molecule has 1 atom stereocenters. The number of hydrogen-bond acceptors (Lipinski definition) is 5. The van der Waals surface area contributed by atoms with Crippen LogP contribution in [0.2, 0.25) is 0 Å². The predicted octanol–water partition coefficient (Wildman–Crippen LogP) is 2.13. The van der Waals surface area contributed by atoms with Crippen LogP contribution in [0.5, 0.6) is 5.75 Å². The van der Waals surface area contributed by atoms with E-state index in [1.165, 1.54) is 18.4 Å². The van der Waals surface area contributed by atoms with Crippen LogP contribution in [-0.2, 0) is 16.1 Å². The highest BCUT2D eigenvalue weighted by molar-refractivity contribution is 5.78. The summed E-state index contributed by atoms with van der Waals surface area (Å²) in [6.45, 7) is 6.42. The maximum atomic E-state index is 12.4. The van der Waals surface area contributed by atoms with Gasteiger partial charge in [-0.2, -0.15) is 0 Å². The van der Waals surface area contributed by atoms with Gasteiger partial charge in [0, 0.05) is 32.8 Å². The van der Waals surface area contributed by atoms with Crippen molar-refractivity contribution in [1.29, 1.82) is 0 Å². The molecule has 3 rings (SSSR count). The lowest BCUT2D eigenvalue weighted by molar-refractivity contribution is -0.127. The molecular formula is C22H35N3O3. The van der Waals surface area contributed by atoms with E-state index >= 15 is 0 Å². The number of benzene rings is 1. The van der Waals surface area contributed by atoms with Crippen molar-refractivity contribution in [1.82, 2.24) is 15.1 Å². The highest BCUT2D eigenvalue weighted by atomic mass is 16.5. The van der Waals surface area contributed by atoms with Crippen molar-refractivity contribution in [3.05, 3.63) is 29.8 Å². The molecule has 1 aromatic carbocycles. The molecule has 2 heterocycles. The Bertz CT molecular complexity index is 617. The number of nitrogens with zero attached hydrogens (tertiary/aromatic N) is 2. The summed E-state index contributed by atoms with van der Waals surface area (Å²) in [5.74, 6) is 1.24. The predicted molar refractivity (Wildman–Crippen MR) is 110 cm³/mol. The molecule has 0 aliphatic carbocycles. The van der Waals surface area contributed by atoms with Crippen LogP contribution in [0.25, 0.3) is 0 Å². The summed E-state index contributed by atoms with van der Waals surface area (Å²) in [5.41, 5.74) is 1.31. The lowest BCUT2D eigenvalue weighted by Crippen LogP contribution is -2.50. The smallest absolute Gasteiger partial charge is 0.224 e. The molecule has 0 spiro atoms. The van der Waals surface area contributed by atoms with E-state index < -0.39 is 0 Å². The second-order valence-corrected chi connectivity index (χ2v) is 7.98. The first-order valence-electron chi connectivity index (χ1n) is 10.6. The second-order valence-electron chi connectivity index (χ2n) is 7.98. The fraction of sp³-hybridized carbons (Fsp3) is 0.682. The summed E-state index contributed by atoms with van der Waals surface area (Å²) in [6, 6.07) is 8.96. The number of carbonyl (C=O) groups is 1. The Morgan fingerprint density at radius 2 is 2.00 bits per heavy atom. The van der Waals surface area contributed by atoms with Crippen molar-refractivity contribution < 1.29 is 14.3 Å². The number of methoxy groups -OCH3 is 2. The van der Waals surface area contributed by atoms with Crippen LogP contribution in [0.4, 0.5) is 0 Å². The zero-order chi connectivity index (χ0) is 19.8. The van der Waals surface area contributed by atoms with Crippen LogP contribution >= 0.6 is 0 Å². The number of likely N-dealkylation sites (tertiary alicyclic amines) is 2. The SMILES string of the molecule is COCCNC(=O)C1CCCN(C2CCN(Cc3cccc(OC)c3)CC2)C1. The first kappa shape index (κ1) is 21.1. The molecule has 1 unspecified atom stereocenters. The Morgan fingerprint density at radius 3 is 2.75 bits per heavy atom. The van der Waals surface area contributed by atoms with Gasteiger partial charge in [0.1, 0.15) is 5.75 Å². The number of amides is 1. The molecule has 0 aromatic heterocycles. The van der Waals surface area contributed by atoms with Gasteiger partial charge < -0.3 is 14.8 Å². The molecule has 2 saturated heterocycles. The number of piperidine rings is 2. The second kappa shape index (κ2) is 10.8. The maximum absolute atomic E-state index is 12.4. The summed E-state index contributed by atoms with van der Waals surface area (Å²) in [6.07, 6.45) is 4.49. The molecule has 2 fully saturated rings. The Balaban J connectivity index is 1.44. The minimum atomic E-state index is 0.125. The van der Waals surface area contributed by atoms with E-state index in [1.54, 1.807) is 14.2 Å². The minimum Gasteiger partial charge on any atom is -0.497 e. The van der Waals surface area contributed by atoms with Crippen molar-refractivity contribution in [2.75, 3.05) is 53.6 Å². The van der Waals surface area contributed by atoms with Crippen LogP contribution in [0.1, 0.15) is 31.2 Å². The van der Waals surface area contributed by atoms with Crippen molar-refractivity contribution >= 4 is 5.91 Å². The Labute approximate surface area is 169 Å². The monoisotopic (exact) mass is 389 g/mol. The first-order valence-corrected chi connectivity index (χ1v) is 10.6. The van der Waals surface area contributed by atoms with E-state index in [1.807, 2.05) is 6.07 Å². The molecular weight excluding hydrogens is 354 g/mol. The Morgan fingerprint density at radius 1 is 1.18 bits per heavy atom. The van der Waals surface area contributed by atoms with Gasteiger partial charge in [0.15, 0.2) is 0 Å². The number of ether oxygens (including phenoxy) is 2. The van der Waals surface area contributed by atoms with E-state index in [0.717, 1.165) is 51.3 Å². The number of hydrogen-bond donors (Lipinski definition) is 1. The molecule has 6 heteroatoms. The van der Waals surface area contributed by atoms with E-state index in [9.17, 15) is 4.79 Å². The lowest BCUT2D eigenvalue weighted by Gasteiger charge is -2.42. The summed E-state index contributed by atoms with van der Waals surface area (Å²) >= 11 is 0. The van der Waals surface area contributed by atoms with Crippen molar-refractivity contribution in [2.45, 2.75) is 38.3 Å². The summed E-state index contributed by atoms with van der Waals surface area (Å²) < 4.78 is 10.4. The zero-order valence-corrected chi connectivity index (χ0v) is 17.4. The van der Waals surface area contributed by atoms with Gasteiger partial charge in [0.25, 0.3) is 0 Å². The molecule has 1 aromatic rings. The molecule has 2 aliphatic rings. The summed E-state index contributed by atoms with van der Waals surface area (Å²) in [7, 11) is 3.38. The van der Waals surface area contributed by atoms with Crippen molar-refractivity contribution in [3.8, 4) is 5.75 Å². The van der Waals surface area contributed by atoms with Crippen molar-refractivity contribution in [3.63, 3.8) is 0 Å². The van der Waals surface area contributed by atoms with Gasteiger partial charge in [-0.3, -0.25) is 14.6 Å². The van der Waals surface area contributed by atoms with Gasteiger partial charge in [0.2, 0.25) is 5.91 Å². The number of rotatable bonds is 8. The van der Waals surface area contributed by atoms with E-state index in [4.69, 9.17) is 9.47 Å². The lowest BCUT2D eigenvalue weighted by atomic mass is 9.93. The number of carbonyl (C=O) groups excluding carboxylic acids is 1. The summed E-state index contributed by atoms with van der Waals surface area (Å²) in [5, 5.41) is 3.01.